The maximum atomic E-state index is 14.0. The van der Waals surface area contributed by atoms with Crippen LogP contribution in [-0.2, 0) is 4.74 Å². The molecule has 1 aliphatic heterocycles. The Hall–Kier alpha value is -3.14. The van der Waals surface area contributed by atoms with E-state index in [1.54, 1.807) is 16.7 Å². The molecule has 1 aromatic carbocycles. The van der Waals surface area contributed by atoms with Crippen LogP contribution in [0.25, 0.3) is 16.9 Å². The third kappa shape index (κ3) is 4.52. The second-order valence-corrected chi connectivity index (χ2v) is 8.31. The van der Waals surface area contributed by atoms with Crippen molar-refractivity contribution in [3.8, 4) is 11.3 Å². The molecule has 1 atom stereocenters. The number of nitrogens with zero attached hydrogens (tertiary/aromatic N) is 5. The van der Waals surface area contributed by atoms with Crippen molar-refractivity contribution in [1.29, 1.82) is 0 Å². The highest BCUT2D eigenvalue weighted by molar-refractivity contribution is 6.30. The number of pyridine rings is 1. The zero-order chi connectivity index (χ0) is 22.8. The number of halogens is 2. The topological polar surface area (TPSA) is 97.5 Å². The highest BCUT2D eigenvalue weighted by Crippen LogP contribution is 2.28. The SMILES string of the molecule is OC[C@H](c1ccc(Cl)c(F)c1)c1nnc2cc(-c3ccnc(NC4CCOCC4)n3)ccn12. The predicted molar refractivity (Wildman–Crippen MR) is 122 cm³/mol. The summed E-state index contributed by atoms with van der Waals surface area (Å²) in [6.45, 7) is 1.22. The molecule has 33 heavy (non-hydrogen) atoms. The molecule has 4 heterocycles. The first-order valence-corrected chi connectivity index (χ1v) is 11.1. The van der Waals surface area contributed by atoms with Crippen LogP contribution >= 0.6 is 11.6 Å². The minimum atomic E-state index is -0.549. The van der Waals surface area contributed by atoms with E-state index in [-0.39, 0.29) is 11.6 Å². The minimum Gasteiger partial charge on any atom is -0.395 e. The summed E-state index contributed by atoms with van der Waals surface area (Å²) in [5.74, 6) is -0.0125. The second-order valence-electron chi connectivity index (χ2n) is 7.91. The van der Waals surface area contributed by atoms with Gasteiger partial charge in [-0.05, 0) is 48.7 Å². The molecule has 10 heteroatoms. The first-order chi connectivity index (χ1) is 16.1. The number of nitrogens with one attached hydrogen (secondary N) is 1. The Bertz CT molecular complexity index is 1280. The highest BCUT2D eigenvalue weighted by atomic mass is 35.5. The van der Waals surface area contributed by atoms with Crippen LogP contribution < -0.4 is 5.32 Å². The molecule has 0 radical (unpaired) electrons. The van der Waals surface area contributed by atoms with Gasteiger partial charge in [0.15, 0.2) is 5.65 Å². The van der Waals surface area contributed by atoms with Crippen molar-refractivity contribution in [2.75, 3.05) is 25.1 Å². The van der Waals surface area contributed by atoms with E-state index in [1.165, 1.54) is 12.1 Å². The molecule has 0 aliphatic carbocycles. The largest absolute Gasteiger partial charge is 0.395 e. The summed E-state index contributed by atoms with van der Waals surface area (Å²) < 4.78 is 21.2. The van der Waals surface area contributed by atoms with Crippen molar-refractivity contribution >= 4 is 23.2 Å². The number of ether oxygens (including phenoxy) is 1. The van der Waals surface area contributed by atoms with Crippen molar-refractivity contribution in [2.45, 2.75) is 24.8 Å². The van der Waals surface area contributed by atoms with E-state index < -0.39 is 11.7 Å². The Labute approximate surface area is 194 Å². The van der Waals surface area contributed by atoms with E-state index in [1.807, 2.05) is 24.4 Å². The lowest BCUT2D eigenvalue weighted by Crippen LogP contribution is -2.28. The number of hydrogen-bond donors (Lipinski definition) is 2. The number of hydrogen-bond acceptors (Lipinski definition) is 7. The first-order valence-electron chi connectivity index (χ1n) is 10.7. The maximum Gasteiger partial charge on any atom is 0.223 e. The van der Waals surface area contributed by atoms with E-state index in [4.69, 9.17) is 16.3 Å². The van der Waals surface area contributed by atoms with Crippen LogP contribution in [0.1, 0.15) is 30.1 Å². The van der Waals surface area contributed by atoms with Gasteiger partial charge in [-0.15, -0.1) is 10.2 Å². The molecule has 0 spiro atoms. The summed E-state index contributed by atoms with van der Waals surface area (Å²) in [6, 6.07) is 10.4. The summed E-state index contributed by atoms with van der Waals surface area (Å²) >= 11 is 5.80. The molecule has 3 aromatic heterocycles. The van der Waals surface area contributed by atoms with E-state index in [0.29, 0.717) is 29.0 Å². The Morgan fingerprint density at radius 3 is 2.82 bits per heavy atom. The van der Waals surface area contributed by atoms with Crippen LogP contribution in [0.3, 0.4) is 0 Å². The number of benzene rings is 1. The second kappa shape index (κ2) is 9.38. The van der Waals surface area contributed by atoms with E-state index in [9.17, 15) is 9.50 Å². The Morgan fingerprint density at radius 2 is 2.03 bits per heavy atom. The van der Waals surface area contributed by atoms with Gasteiger partial charge in [0.2, 0.25) is 5.95 Å². The lowest BCUT2D eigenvalue weighted by molar-refractivity contribution is 0.0903. The third-order valence-corrected chi connectivity index (χ3v) is 6.09. The van der Waals surface area contributed by atoms with Crippen LogP contribution in [-0.4, -0.2) is 55.5 Å². The quantitative estimate of drug-likeness (QED) is 0.445. The van der Waals surface area contributed by atoms with Gasteiger partial charge in [0, 0.05) is 37.2 Å². The van der Waals surface area contributed by atoms with E-state index in [0.717, 1.165) is 37.3 Å². The maximum absolute atomic E-state index is 14.0. The molecular formula is C23H22ClFN6O2. The fraction of sp³-hybridized carbons (Fsp3) is 0.304. The molecule has 0 unspecified atom stereocenters. The molecule has 2 N–H and O–H groups in total. The lowest BCUT2D eigenvalue weighted by Gasteiger charge is -2.23. The van der Waals surface area contributed by atoms with Gasteiger partial charge < -0.3 is 15.2 Å². The number of aliphatic hydroxyl groups excluding tert-OH is 1. The van der Waals surface area contributed by atoms with Gasteiger partial charge in [-0.3, -0.25) is 4.40 Å². The number of aromatic nitrogens is 5. The van der Waals surface area contributed by atoms with Gasteiger partial charge in [0.1, 0.15) is 11.6 Å². The van der Waals surface area contributed by atoms with Gasteiger partial charge in [-0.2, -0.15) is 0 Å². The smallest absolute Gasteiger partial charge is 0.223 e. The number of aliphatic hydroxyl groups is 1. The Kier molecular flexibility index (Phi) is 6.17. The molecule has 0 saturated carbocycles. The van der Waals surface area contributed by atoms with Crippen LogP contribution in [0.4, 0.5) is 10.3 Å². The number of fused-ring (bicyclic) bond motifs is 1. The molecule has 4 aromatic rings. The standard InChI is InChI=1S/C23H22ClFN6O2/c24-18-2-1-14(11-19(18)25)17(13-32)22-30-29-21-12-15(4-8-31(21)22)20-3-7-26-23(28-20)27-16-5-9-33-10-6-16/h1-4,7-8,11-12,16-17,32H,5-6,9-10,13H2,(H,26,27,28)/t17-/m1/s1. The van der Waals surface area contributed by atoms with Gasteiger partial charge >= 0.3 is 0 Å². The zero-order valence-corrected chi connectivity index (χ0v) is 18.4. The summed E-state index contributed by atoms with van der Waals surface area (Å²) in [5.41, 5.74) is 2.77. The molecule has 1 fully saturated rings. The summed E-state index contributed by atoms with van der Waals surface area (Å²) in [5, 5.41) is 21.9. The Morgan fingerprint density at radius 1 is 1.18 bits per heavy atom. The van der Waals surface area contributed by atoms with Gasteiger partial charge in [-0.25, -0.2) is 14.4 Å². The highest BCUT2D eigenvalue weighted by Gasteiger charge is 2.21. The van der Waals surface area contributed by atoms with Crippen LogP contribution in [0.5, 0.6) is 0 Å². The predicted octanol–water partition coefficient (Wildman–Crippen LogP) is 3.69. The summed E-state index contributed by atoms with van der Waals surface area (Å²) in [7, 11) is 0. The molecule has 1 saturated heterocycles. The lowest BCUT2D eigenvalue weighted by atomic mass is 9.99. The van der Waals surface area contributed by atoms with Gasteiger partial charge in [0.25, 0.3) is 0 Å². The van der Waals surface area contributed by atoms with Crippen LogP contribution in [0.15, 0.2) is 48.8 Å². The van der Waals surface area contributed by atoms with E-state index in [2.05, 4.69) is 25.5 Å². The molecular weight excluding hydrogens is 447 g/mol. The van der Waals surface area contributed by atoms with Gasteiger partial charge in [0.05, 0.1) is 23.2 Å². The average molecular weight is 469 g/mol. The van der Waals surface area contributed by atoms with Crippen molar-refractivity contribution in [3.05, 3.63) is 71.0 Å². The van der Waals surface area contributed by atoms with Crippen molar-refractivity contribution in [2.24, 2.45) is 0 Å². The van der Waals surface area contributed by atoms with Crippen LogP contribution in [0, 0.1) is 5.82 Å². The number of rotatable bonds is 6. The molecule has 5 rings (SSSR count). The number of anilines is 1. The van der Waals surface area contributed by atoms with Gasteiger partial charge in [-0.1, -0.05) is 17.7 Å². The fourth-order valence-electron chi connectivity index (χ4n) is 3.99. The first kappa shape index (κ1) is 21.7. The molecule has 0 amide bonds. The molecule has 8 nitrogen and oxygen atoms in total. The third-order valence-electron chi connectivity index (χ3n) is 5.78. The normalized spacial score (nSPS) is 15.6. The minimum absolute atomic E-state index is 0.0294. The molecule has 170 valence electrons. The van der Waals surface area contributed by atoms with Crippen molar-refractivity contribution in [1.82, 2.24) is 24.6 Å². The van der Waals surface area contributed by atoms with Crippen molar-refractivity contribution < 1.29 is 14.2 Å². The van der Waals surface area contributed by atoms with Crippen LogP contribution in [0.2, 0.25) is 5.02 Å². The van der Waals surface area contributed by atoms with E-state index >= 15 is 0 Å². The molecule has 1 aliphatic rings. The summed E-state index contributed by atoms with van der Waals surface area (Å²) in [6.07, 6.45) is 5.39. The zero-order valence-electron chi connectivity index (χ0n) is 17.7. The Balaban J connectivity index is 1.43. The average Bonchev–Trinajstić information content (AvgIpc) is 3.26. The van der Waals surface area contributed by atoms with Crippen molar-refractivity contribution in [3.63, 3.8) is 0 Å². The fourth-order valence-corrected chi connectivity index (χ4v) is 4.10. The molecule has 0 bridgehead atoms. The summed E-state index contributed by atoms with van der Waals surface area (Å²) in [4.78, 5) is 9.00. The monoisotopic (exact) mass is 468 g/mol.